The van der Waals surface area contributed by atoms with Crippen LogP contribution in [0.25, 0.3) is 0 Å². The standard InChI is InChI=1S/C9H11NO2/c1-6-4-7(9(10)12)2-3-8(6)5-11/h2-4,11H,5H2,1H3,(H2,10,12). The van der Waals surface area contributed by atoms with Crippen molar-refractivity contribution in [1.82, 2.24) is 0 Å². The molecular formula is C9H11NO2. The molecule has 0 fully saturated rings. The lowest BCUT2D eigenvalue weighted by Gasteiger charge is -2.02. The Labute approximate surface area is 70.8 Å². The van der Waals surface area contributed by atoms with E-state index in [1.54, 1.807) is 18.2 Å². The molecule has 3 N–H and O–H groups in total. The lowest BCUT2D eigenvalue weighted by Crippen LogP contribution is -2.11. The zero-order valence-electron chi connectivity index (χ0n) is 6.87. The molecule has 0 unspecified atom stereocenters. The zero-order valence-corrected chi connectivity index (χ0v) is 6.87. The van der Waals surface area contributed by atoms with Crippen molar-refractivity contribution in [2.24, 2.45) is 5.73 Å². The van der Waals surface area contributed by atoms with Gasteiger partial charge in [-0.1, -0.05) is 6.07 Å². The molecule has 0 saturated heterocycles. The molecule has 0 aromatic heterocycles. The molecule has 0 saturated carbocycles. The lowest BCUT2D eigenvalue weighted by atomic mass is 10.1. The van der Waals surface area contributed by atoms with Crippen molar-refractivity contribution in [2.45, 2.75) is 13.5 Å². The maximum Gasteiger partial charge on any atom is 0.248 e. The summed E-state index contributed by atoms with van der Waals surface area (Å²) < 4.78 is 0. The van der Waals surface area contributed by atoms with E-state index in [4.69, 9.17) is 10.8 Å². The maximum absolute atomic E-state index is 10.7. The topological polar surface area (TPSA) is 63.3 Å². The molecule has 3 nitrogen and oxygen atoms in total. The molecule has 1 aromatic rings. The van der Waals surface area contributed by atoms with Crippen LogP contribution >= 0.6 is 0 Å². The lowest BCUT2D eigenvalue weighted by molar-refractivity contribution is 0.1000. The van der Waals surface area contributed by atoms with Crippen LogP contribution < -0.4 is 5.73 Å². The van der Waals surface area contributed by atoms with Gasteiger partial charge in [0.15, 0.2) is 0 Å². The number of rotatable bonds is 2. The van der Waals surface area contributed by atoms with E-state index in [2.05, 4.69) is 0 Å². The van der Waals surface area contributed by atoms with Crippen molar-refractivity contribution >= 4 is 5.91 Å². The molecule has 0 spiro atoms. The number of hydrogen-bond acceptors (Lipinski definition) is 2. The second-order valence-corrected chi connectivity index (χ2v) is 2.66. The second-order valence-electron chi connectivity index (χ2n) is 2.66. The molecule has 0 aliphatic carbocycles. The molecule has 1 rings (SSSR count). The summed E-state index contributed by atoms with van der Waals surface area (Å²) >= 11 is 0. The zero-order chi connectivity index (χ0) is 9.14. The Hall–Kier alpha value is -1.35. The van der Waals surface area contributed by atoms with Gasteiger partial charge >= 0.3 is 0 Å². The normalized spacial score (nSPS) is 9.83. The minimum absolute atomic E-state index is 0.00905. The molecule has 12 heavy (non-hydrogen) atoms. The first-order chi connectivity index (χ1) is 5.65. The molecule has 0 aliphatic heterocycles. The summed E-state index contributed by atoms with van der Waals surface area (Å²) in [6.07, 6.45) is 0. The molecule has 0 aliphatic rings. The summed E-state index contributed by atoms with van der Waals surface area (Å²) in [7, 11) is 0. The quantitative estimate of drug-likeness (QED) is 0.673. The van der Waals surface area contributed by atoms with E-state index < -0.39 is 5.91 Å². The predicted molar refractivity (Wildman–Crippen MR) is 45.6 cm³/mol. The Kier molecular flexibility index (Phi) is 2.45. The van der Waals surface area contributed by atoms with E-state index >= 15 is 0 Å². The molecule has 1 amide bonds. The summed E-state index contributed by atoms with van der Waals surface area (Å²) in [6.45, 7) is 1.82. The van der Waals surface area contributed by atoms with Crippen LogP contribution in [0.2, 0.25) is 0 Å². The second kappa shape index (κ2) is 3.36. The van der Waals surface area contributed by atoms with Crippen molar-refractivity contribution in [3.63, 3.8) is 0 Å². The van der Waals surface area contributed by atoms with E-state index in [1.165, 1.54) is 0 Å². The first-order valence-electron chi connectivity index (χ1n) is 3.65. The third-order valence-corrected chi connectivity index (χ3v) is 1.80. The fourth-order valence-electron chi connectivity index (χ4n) is 1.03. The number of benzene rings is 1. The van der Waals surface area contributed by atoms with E-state index in [9.17, 15) is 4.79 Å². The Bertz CT molecular complexity index is 307. The van der Waals surface area contributed by atoms with E-state index in [0.717, 1.165) is 11.1 Å². The van der Waals surface area contributed by atoms with Gasteiger partial charge in [0.25, 0.3) is 0 Å². The molecular weight excluding hydrogens is 154 g/mol. The first-order valence-corrected chi connectivity index (χ1v) is 3.65. The van der Waals surface area contributed by atoms with E-state index in [-0.39, 0.29) is 6.61 Å². The number of aliphatic hydroxyl groups excluding tert-OH is 1. The number of nitrogens with two attached hydrogens (primary N) is 1. The Morgan fingerprint density at radius 2 is 2.25 bits per heavy atom. The van der Waals surface area contributed by atoms with Gasteiger partial charge in [0.05, 0.1) is 6.61 Å². The Balaban J connectivity index is 3.10. The smallest absolute Gasteiger partial charge is 0.248 e. The fraction of sp³-hybridized carbons (Fsp3) is 0.222. The molecule has 3 heteroatoms. The Morgan fingerprint density at radius 1 is 1.58 bits per heavy atom. The minimum Gasteiger partial charge on any atom is -0.392 e. The molecule has 1 aromatic carbocycles. The summed E-state index contributed by atoms with van der Waals surface area (Å²) in [5, 5.41) is 8.83. The number of carbonyl (C=O) groups is 1. The van der Waals surface area contributed by atoms with Crippen LogP contribution in [-0.4, -0.2) is 11.0 Å². The van der Waals surface area contributed by atoms with Gasteiger partial charge in [0, 0.05) is 5.56 Å². The molecule has 0 radical (unpaired) electrons. The number of primary amides is 1. The van der Waals surface area contributed by atoms with Crippen LogP contribution in [0.5, 0.6) is 0 Å². The summed E-state index contributed by atoms with van der Waals surface area (Å²) in [4.78, 5) is 10.7. The van der Waals surface area contributed by atoms with Crippen LogP contribution in [0.1, 0.15) is 21.5 Å². The molecule has 0 atom stereocenters. The highest BCUT2D eigenvalue weighted by Gasteiger charge is 2.02. The number of aryl methyl sites for hydroxylation is 1. The van der Waals surface area contributed by atoms with Crippen molar-refractivity contribution in [3.8, 4) is 0 Å². The van der Waals surface area contributed by atoms with Crippen LogP contribution in [0, 0.1) is 6.92 Å². The average Bonchev–Trinajstić information content (AvgIpc) is 2.04. The van der Waals surface area contributed by atoms with E-state index in [1.807, 2.05) is 6.92 Å². The SMILES string of the molecule is Cc1cc(C(N)=O)ccc1CO. The highest BCUT2D eigenvalue weighted by molar-refractivity contribution is 5.93. The molecule has 0 bridgehead atoms. The fourth-order valence-corrected chi connectivity index (χ4v) is 1.03. The molecule has 64 valence electrons. The van der Waals surface area contributed by atoms with Crippen LogP contribution in [-0.2, 0) is 6.61 Å². The van der Waals surface area contributed by atoms with Crippen LogP contribution in [0.15, 0.2) is 18.2 Å². The van der Waals surface area contributed by atoms with Gasteiger partial charge in [0.1, 0.15) is 0 Å². The maximum atomic E-state index is 10.7. The highest BCUT2D eigenvalue weighted by Crippen LogP contribution is 2.10. The van der Waals surface area contributed by atoms with Gasteiger partial charge in [-0.3, -0.25) is 4.79 Å². The minimum atomic E-state index is -0.442. The number of aliphatic hydroxyl groups is 1. The van der Waals surface area contributed by atoms with Crippen LogP contribution in [0.4, 0.5) is 0 Å². The molecule has 0 heterocycles. The van der Waals surface area contributed by atoms with E-state index in [0.29, 0.717) is 5.56 Å². The average molecular weight is 165 g/mol. The summed E-state index contributed by atoms with van der Waals surface area (Å²) in [5.74, 6) is -0.442. The van der Waals surface area contributed by atoms with Gasteiger partial charge in [-0.15, -0.1) is 0 Å². The highest BCUT2D eigenvalue weighted by atomic mass is 16.3. The van der Waals surface area contributed by atoms with Crippen molar-refractivity contribution in [3.05, 3.63) is 34.9 Å². The Morgan fingerprint density at radius 3 is 2.67 bits per heavy atom. The number of hydrogen-bond donors (Lipinski definition) is 2. The third-order valence-electron chi connectivity index (χ3n) is 1.80. The van der Waals surface area contributed by atoms with Crippen molar-refractivity contribution in [1.29, 1.82) is 0 Å². The number of carbonyl (C=O) groups excluding carboxylic acids is 1. The summed E-state index contributed by atoms with van der Waals surface area (Å²) in [6, 6.07) is 4.99. The largest absolute Gasteiger partial charge is 0.392 e. The van der Waals surface area contributed by atoms with Gasteiger partial charge in [-0.25, -0.2) is 0 Å². The van der Waals surface area contributed by atoms with Crippen molar-refractivity contribution in [2.75, 3.05) is 0 Å². The monoisotopic (exact) mass is 165 g/mol. The number of amides is 1. The van der Waals surface area contributed by atoms with Gasteiger partial charge in [-0.05, 0) is 30.2 Å². The van der Waals surface area contributed by atoms with Gasteiger partial charge in [-0.2, -0.15) is 0 Å². The van der Waals surface area contributed by atoms with Gasteiger partial charge in [0.2, 0.25) is 5.91 Å². The predicted octanol–water partition coefficient (Wildman–Crippen LogP) is 0.586. The third kappa shape index (κ3) is 1.62. The van der Waals surface area contributed by atoms with Gasteiger partial charge < -0.3 is 10.8 Å². The van der Waals surface area contributed by atoms with Crippen LogP contribution in [0.3, 0.4) is 0 Å². The first kappa shape index (κ1) is 8.74. The summed E-state index contributed by atoms with van der Waals surface area (Å²) in [5.41, 5.74) is 7.25. The van der Waals surface area contributed by atoms with Crippen molar-refractivity contribution < 1.29 is 9.90 Å².